The van der Waals surface area contributed by atoms with E-state index in [1.807, 2.05) is 0 Å². The molecule has 0 unspecified atom stereocenters. The number of benzene rings is 1. The summed E-state index contributed by atoms with van der Waals surface area (Å²) >= 11 is 1.07. The van der Waals surface area contributed by atoms with Gasteiger partial charge in [0.05, 0.1) is 15.6 Å². The molecule has 0 fully saturated rings. The fourth-order valence-corrected chi connectivity index (χ4v) is 3.83. The van der Waals surface area contributed by atoms with Gasteiger partial charge in [-0.2, -0.15) is 0 Å². The second-order valence-corrected chi connectivity index (χ2v) is 13.9. The van der Waals surface area contributed by atoms with Crippen LogP contribution in [-0.4, -0.2) is 64.5 Å². The Balaban J connectivity index is 2.79. The van der Waals surface area contributed by atoms with Crippen molar-refractivity contribution in [3.05, 3.63) is 35.9 Å². The van der Waals surface area contributed by atoms with Crippen molar-refractivity contribution in [3.63, 3.8) is 0 Å². The van der Waals surface area contributed by atoms with Gasteiger partial charge in [0, 0.05) is 5.75 Å². The lowest BCUT2D eigenvalue weighted by molar-refractivity contribution is -0.161. The third-order valence-electron chi connectivity index (χ3n) is 5.03. The number of carbonyl (C=O) groups excluding carboxylic acids is 6. The molecule has 0 heterocycles. The molecule has 0 spiro atoms. The average molecular weight is 630 g/mol. The zero-order valence-corrected chi connectivity index (χ0v) is 26.7. The summed E-state index contributed by atoms with van der Waals surface area (Å²) in [5.74, 6) is -2.98. The third kappa shape index (κ3) is 14.1. The Morgan fingerprint density at radius 3 is 1.71 bits per heavy atom. The summed E-state index contributed by atoms with van der Waals surface area (Å²) in [4.78, 5) is 74.1. The smallest absolute Gasteiger partial charge is 0.371 e. The first-order chi connectivity index (χ1) is 19.3. The predicted octanol–water partition coefficient (Wildman–Crippen LogP) is 4.83. The largest absolute Gasteiger partial charge is 0.459 e. The normalized spacial score (nSPS) is 12.4. The second-order valence-electron chi connectivity index (χ2n) is 11.4. The van der Waals surface area contributed by atoms with E-state index in [2.05, 4.69) is 5.32 Å². The number of carbonyl (C=O) groups is 6. The fourth-order valence-electron chi connectivity index (χ4n) is 2.50. The molecule has 1 amide bonds. The quantitative estimate of drug-likeness (QED) is 0.190. The van der Waals surface area contributed by atoms with Crippen LogP contribution in [0.5, 0.6) is 0 Å². The summed E-state index contributed by atoms with van der Waals surface area (Å²) in [6.45, 7) is 11.4. The molecule has 0 aliphatic carbocycles. The molecular weight excluding hydrogens is 590 g/mol. The molecule has 1 rings (SSSR count). The van der Waals surface area contributed by atoms with E-state index >= 15 is 0 Å². The van der Waals surface area contributed by atoms with Crippen molar-refractivity contribution in [2.24, 2.45) is 10.8 Å². The van der Waals surface area contributed by atoms with Gasteiger partial charge in [-0.3, -0.25) is 14.4 Å². The highest BCUT2D eigenvalue weighted by Crippen LogP contribution is 2.27. The van der Waals surface area contributed by atoms with E-state index in [-0.39, 0.29) is 12.4 Å². The number of rotatable bonds is 12. The van der Waals surface area contributed by atoms with Crippen LogP contribution in [0.3, 0.4) is 0 Å². The van der Waals surface area contributed by atoms with E-state index in [1.54, 1.807) is 71.9 Å². The highest BCUT2D eigenvalue weighted by molar-refractivity contribution is 8.15. The van der Waals surface area contributed by atoms with Gasteiger partial charge < -0.3 is 29.0 Å². The van der Waals surface area contributed by atoms with Crippen LogP contribution in [0, 0.1) is 10.8 Å². The summed E-state index contributed by atoms with van der Waals surface area (Å²) in [5.41, 5.74) is -0.871. The SMILES string of the molecule is CC(C)(C)C(=O)OCOC(=O)SC[C@H](NC(=O)C(C)(C)SC(=O)OCOC(=O)C(C)(C)C)C(=O)OCc1ccccc1. The van der Waals surface area contributed by atoms with Crippen LogP contribution in [0.2, 0.25) is 0 Å². The van der Waals surface area contributed by atoms with Crippen molar-refractivity contribution >= 4 is 57.9 Å². The van der Waals surface area contributed by atoms with Crippen molar-refractivity contribution < 1.29 is 52.5 Å². The molecule has 1 N–H and O–H groups in total. The molecule has 42 heavy (non-hydrogen) atoms. The Bertz CT molecular complexity index is 1110. The number of nitrogens with one attached hydrogen (secondary N) is 1. The van der Waals surface area contributed by atoms with E-state index in [1.165, 1.54) is 13.8 Å². The zero-order chi connectivity index (χ0) is 32.1. The molecule has 0 bridgehead atoms. The van der Waals surface area contributed by atoms with Crippen LogP contribution in [0.1, 0.15) is 61.0 Å². The lowest BCUT2D eigenvalue weighted by atomic mass is 9.97. The van der Waals surface area contributed by atoms with Crippen molar-refractivity contribution in [1.29, 1.82) is 0 Å². The van der Waals surface area contributed by atoms with Crippen LogP contribution in [0.15, 0.2) is 30.3 Å². The molecule has 0 saturated heterocycles. The topological polar surface area (TPSA) is 161 Å². The lowest BCUT2D eigenvalue weighted by Crippen LogP contribution is -2.50. The van der Waals surface area contributed by atoms with Crippen LogP contribution in [-0.2, 0) is 49.5 Å². The molecular formula is C28H39NO11S2. The minimum absolute atomic E-state index is 0.0817. The van der Waals surface area contributed by atoms with Crippen LogP contribution in [0.4, 0.5) is 9.59 Å². The van der Waals surface area contributed by atoms with Crippen molar-refractivity contribution in [2.75, 3.05) is 19.3 Å². The van der Waals surface area contributed by atoms with Gasteiger partial charge in [0.2, 0.25) is 19.5 Å². The third-order valence-corrected chi connectivity index (χ3v) is 6.86. The molecule has 1 atom stereocenters. The Morgan fingerprint density at radius 1 is 0.714 bits per heavy atom. The van der Waals surface area contributed by atoms with Gasteiger partial charge in [0.25, 0.3) is 0 Å². The van der Waals surface area contributed by atoms with Gasteiger partial charge in [-0.25, -0.2) is 14.4 Å². The Hall–Kier alpha value is -3.26. The second kappa shape index (κ2) is 16.4. The first kappa shape index (κ1) is 36.8. The number of ether oxygens (including phenoxy) is 5. The number of hydrogen-bond acceptors (Lipinski definition) is 13. The first-order valence-corrected chi connectivity index (χ1v) is 14.6. The molecule has 0 saturated carbocycles. The Kier molecular flexibility index (Phi) is 14.4. The maximum absolute atomic E-state index is 13.1. The van der Waals surface area contributed by atoms with Crippen molar-refractivity contribution in [2.45, 2.75) is 72.8 Å². The highest BCUT2D eigenvalue weighted by Gasteiger charge is 2.36. The summed E-state index contributed by atoms with van der Waals surface area (Å²) in [6, 6.07) is 7.52. The van der Waals surface area contributed by atoms with Gasteiger partial charge in [-0.05, 0) is 84.5 Å². The van der Waals surface area contributed by atoms with Gasteiger partial charge in [0.15, 0.2) is 0 Å². The minimum Gasteiger partial charge on any atom is -0.459 e. The van der Waals surface area contributed by atoms with E-state index in [9.17, 15) is 28.8 Å². The van der Waals surface area contributed by atoms with E-state index in [0.717, 1.165) is 0 Å². The van der Waals surface area contributed by atoms with Crippen molar-refractivity contribution in [1.82, 2.24) is 5.32 Å². The minimum atomic E-state index is -1.44. The molecule has 1 aromatic rings. The van der Waals surface area contributed by atoms with E-state index < -0.39 is 69.6 Å². The maximum atomic E-state index is 13.1. The van der Waals surface area contributed by atoms with E-state index in [4.69, 9.17) is 23.7 Å². The molecule has 1 aromatic carbocycles. The maximum Gasteiger partial charge on any atom is 0.371 e. The highest BCUT2D eigenvalue weighted by atomic mass is 32.2. The Labute approximate surface area is 254 Å². The lowest BCUT2D eigenvalue weighted by Gasteiger charge is -2.25. The number of hydrogen-bond donors (Lipinski definition) is 1. The van der Waals surface area contributed by atoms with E-state index in [0.29, 0.717) is 29.1 Å². The average Bonchev–Trinajstić information content (AvgIpc) is 2.88. The monoisotopic (exact) mass is 629 g/mol. The van der Waals surface area contributed by atoms with Gasteiger partial charge in [-0.15, -0.1) is 0 Å². The molecule has 14 heteroatoms. The molecule has 0 aromatic heterocycles. The van der Waals surface area contributed by atoms with Crippen LogP contribution < -0.4 is 5.32 Å². The zero-order valence-electron chi connectivity index (χ0n) is 25.1. The molecule has 0 aliphatic rings. The summed E-state index contributed by atoms with van der Waals surface area (Å²) in [7, 11) is 0. The summed E-state index contributed by atoms with van der Waals surface area (Å²) in [6.07, 6.45) is 0. The number of esters is 3. The van der Waals surface area contributed by atoms with Crippen molar-refractivity contribution in [3.8, 4) is 0 Å². The summed E-state index contributed by atoms with van der Waals surface area (Å²) in [5, 5.41) is 0.762. The van der Waals surface area contributed by atoms with Crippen LogP contribution in [0.25, 0.3) is 0 Å². The standard InChI is InChI=1S/C28H39NO11S2/c1-26(2,3)22(32)37-16-39-24(34)41-15-19(20(30)36-14-18-12-10-9-11-13-18)29-21(31)28(7,8)42-25(35)40-17-38-23(33)27(4,5)6/h9-13,19H,14-17H2,1-8H3,(H,29,31)/t19-/m0/s1. The van der Waals surface area contributed by atoms with Crippen LogP contribution >= 0.6 is 23.5 Å². The first-order valence-electron chi connectivity index (χ1n) is 12.8. The predicted molar refractivity (Wildman–Crippen MR) is 156 cm³/mol. The summed E-state index contributed by atoms with van der Waals surface area (Å²) < 4.78 is 23.5. The molecule has 12 nitrogen and oxygen atoms in total. The fraction of sp³-hybridized carbons (Fsp3) is 0.571. The number of amides is 1. The molecule has 234 valence electrons. The van der Waals surface area contributed by atoms with Gasteiger partial charge >= 0.3 is 28.5 Å². The molecule has 0 radical (unpaired) electrons. The number of thioether (sulfide) groups is 2. The van der Waals surface area contributed by atoms with Gasteiger partial charge in [-0.1, -0.05) is 30.3 Å². The van der Waals surface area contributed by atoms with Gasteiger partial charge in [0.1, 0.15) is 12.6 Å². The molecule has 0 aliphatic heterocycles. The Morgan fingerprint density at radius 2 is 1.21 bits per heavy atom.